The predicted molar refractivity (Wildman–Crippen MR) is 85.9 cm³/mol. The first-order chi connectivity index (χ1) is 9.24. The van der Waals surface area contributed by atoms with E-state index in [1.165, 1.54) is 25.7 Å². The van der Waals surface area contributed by atoms with Crippen molar-refractivity contribution in [2.45, 2.75) is 46.5 Å². The average molecular weight is 329 g/mol. The van der Waals surface area contributed by atoms with Crippen LogP contribution in [-0.4, -0.2) is 29.6 Å². The quantitative estimate of drug-likeness (QED) is 0.741. The molecule has 0 unspecified atom stereocenters. The molecule has 0 aliphatic carbocycles. The van der Waals surface area contributed by atoms with E-state index in [0.29, 0.717) is 0 Å². The summed E-state index contributed by atoms with van der Waals surface area (Å²) in [6, 6.07) is 0. The summed E-state index contributed by atoms with van der Waals surface area (Å²) in [5, 5.41) is 3.26. The molecule has 1 aromatic rings. The van der Waals surface area contributed by atoms with Gasteiger partial charge in [-0.15, -0.1) is 0 Å². The maximum atomic E-state index is 4.46. The van der Waals surface area contributed by atoms with Gasteiger partial charge in [0, 0.05) is 19.6 Å². The Balaban J connectivity index is 2.89. The highest BCUT2D eigenvalue weighted by atomic mass is 79.9. The van der Waals surface area contributed by atoms with Crippen LogP contribution in [0.5, 0.6) is 0 Å². The first-order valence-electron chi connectivity index (χ1n) is 7.23. The summed E-state index contributed by atoms with van der Waals surface area (Å²) >= 11 is 3.64. The number of unbranched alkanes of at least 4 members (excludes halogenated alkanes) is 2. The molecule has 1 N–H and O–H groups in total. The smallest absolute Gasteiger partial charge is 0.148 e. The monoisotopic (exact) mass is 328 g/mol. The second-order valence-electron chi connectivity index (χ2n) is 4.58. The lowest BCUT2D eigenvalue weighted by molar-refractivity contribution is 0.669. The molecule has 0 saturated heterocycles. The van der Waals surface area contributed by atoms with E-state index < -0.39 is 0 Å². The van der Waals surface area contributed by atoms with Gasteiger partial charge in [0.1, 0.15) is 22.4 Å². The lowest BCUT2D eigenvalue weighted by atomic mass is 10.2. The molecular formula is C14H25BrN4. The van der Waals surface area contributed by atoms with E-state index in [9.17, 15) is 0 Å². The fourth-order valence-electron chi connectivity index (χ4n) is 1.89. The van der Waals surface area contributed by atoms with Gasteiger partial charge in [0.2, 0.25) is 0 Å². The topological polar surface area (TPSA) is 41.1 Å². The number of aromatic nitrogens is 2. The third kappa shape index (κ3) is 4.97. The Morgan fingerprint density at radius 1 is 1.11 bits per heavy atom. The third-order valence-corrected chi connectivity index (χ3v) is 3.71. The van der Waals surface area contributed by atoms with E-state index in [1.54, 1.807) is 6.33 Å². The summed E-state index contributed by atoms with van der Waals surface area (Å²) in [7, 11) is 0. The van der Waals surface area contributed by atoms with Crippen molar-refractivity contribution in [2.75, 3.05) is 29.9 Å². The molecule has 4 nitrogen and oxygen atoms in total. The molecule has 0 aliphatic rings. The summed E-state index contributed by atoms with van der Waals surface area (Å²) in [5.74, 6) is 1.89. The van der Waals surface area contributed by atoms with Gasteiger partial charge in [0.05, 0.1) is 0 Å². The van der Waals surface area contributed by atoms with E-state index in [0.717, 1.165) is 35.7 Å². The van der Waals surface area contributed by atoms with Crippen LogP contribution in [0.15, 0.2) is 10.8 Å². The van der Waals surface area contributed by atoms with E-state index in [1.807, 2.05) is 0 Å². The molecule has 5 heteroatoms. The number of hydrogen-bond acceptors (Lipinski definition) is 4. The van der Waals surface area contributed by atoms with Crippen molar-refractivity contribution >= 4 is 27.6 Å². The van der Waals surface area contributed by atoms with Gasteiger partial charge in [-0.3, -0.25) is 0 Å². The minimum atomic E-state index is 0.860. The highest BCUT2D eigenvalue weighted by Gasteiger charge is 2.14. The Hall–Kier alpha value is -0.840. The van der Waals surface area contributed by atoms with Gasteiger partial charge in [-0.05, 0) is 35.7 Å². The Kier molecular flexibility index (Phi) is 7.79. The number of nitrogens with zero attached hydrogens (tertiary/aromatic N) is 3. The molecule has 0 fully saturated rings. The first kappa shape index (κ1) is 16.2. The van der Waals surface area contributed by atoms with Gasteiger partial charge in [-0.2, -0.15) is 0 Å². The van der Waals surface area contributed by atoms with Crippen LogP contribution < -0.4 is 10.2 Å². The zero-order valence-electron chi connectivity index (χ0n) is 12.2. The Morgan fingerprint density at radius 2 is 1.74 bits per heavy atom. The van der Waals surface area contributed by atoms with Crippen LogP contribution in [0.3, 0.4) is 0 Å². The van der Waals surface area contributed by atoms with Crippen LogP contribution in [-0.2, 0) is 0 Å². The maximum absolute atomic E-state index is 4.46. The highest BCUT2D eigenvalue weighted by molar-refractivity contribution is 9.10. The number of halogens is 1. The fourth-order valence-corrected chi connectivity index (χ4v) is 2.49. The van der Waals surface area contributed by atoms with Crippen LogP contribution in [0.2, 0.25) is 0 Å². The molecule has 0 atom stereocenters. The molecule has 0 bridgehead atoms. The van der Waals surface area contributed by atoms with E-state index in [4.69, 9.17) is 0 Å². The molecule has 19 heavy (non-hydrogen) atoms. The van der Waals surface area contributed by atoms with Crippen molar-refractivity contribution in [3.8, 4) is 0 Å². The largest absolute Gasteiger partial charge is 0.369 e. The number of nitrogens with one attached hydrogen (secondary N) is 1. The summed E-state index contributed by atoms with van der Waals surface area (Å²) in [4.78, 5) is 11.1. The molecule has 108 valence electrons. The van der Waals surface area contributed by atoms with E-state index in [2.05, 4.69) is 56.9 Å². The van der Waals surface area contributed by atoms with Crippen molar-refractivity contribution in [2.24, 2.45) is 0 Å². The number of hydrogen-bond donors (Lipinski definition) is 1. The van der Waals surface area contributed by atoms with Crippen molar-refractivity contribution in [3.05, 3.63) is 10.8 Å². The van der Waals surface area contributed by atoms with Crippen LogP contribution in [0.4, 0.5) is 11.6 Å². The molecular weight excluding hydrogens is 304 g/mol. The van der Waals surface area contributed by atoms with Crippen LogP contribution in [0, 0.1) is 0 Å². The molecule has 0 radical (unpaired) electrons. The molecule has 0 aliphatic heterocycles. The van der Waals surface area contributed by atoms with Crippen molar-refractivity contribution in [3.63, 3.8) is 0 Å². The lowest BCUT2D eigenvalue weighted by Gasteiger charge is -2.25. The number of rotatable bonds is 9. The first-order valence-corrected chi connectivity index (χ1v) is 8.03. The van der Waals surface area contributed by atoms with Gasteiger partial charge in [-0.25, -0.2) is 9.97 Å². The Bertz CT molecular complexity index is 362. The lowest BCUT2D eigenvalue weighted by Crippen LogP contribution is -2.27. The molecule has 0 aromatic carbocycles. The molecule has 1 rings (SSSR count). The van der Waals surface area contributed by atoms with Gasteiger partial charge in [0.15, 0.2) is 0 Å². The molecule has 1 heterocycles. The SMILES string of the molecule is CCCCN(CCCC)c1ncnc(NCC)c1Br. The summed E-state index contributed by atoms with van der Waals surface area (Å²) in [5.41, 5.74) is 0. The zero-order chi connectivity index (χ0) is 14.1. The minimum absolute atomic E-state index is 0.860. The standard InChI is InChI=1S/C14H25BrN4/c1-4-7-9-19(10-8-5-2)14-12(15)13(16-6-3)17-11-18-14/h11H,4-10H2,1-3H3,(H,16,17,18). The zero-order valence-corrected chi connectivity index (χ0v) is 13.8. The van der Waals surface area contributed by atoms with Crippen molar-refractivity contribution in [1.29, 1.82) is 0 Å². The second kappa shape index (κ2) is 9.13. The normalized spacial score (nSPS) is 10.5. The van der Waals surface area contributed by atoms with Crippen LogP contribution in [0.1, 0.15) is 46.5 Å². The Morgan fingerprint density at radius 3 is 2.26 bits per heavy atom. The van der Waals surface area contributed by atoms with Gasteiger partial charge < -0.3 is 10.2 Å². The van der Waals surface area contributed by atoms with Crippen molar-refractivity contribution in [1.82, 2.24) is 9.97 Å². The molecule has 0 amide bonds. The highest BCUT2D eigenvalue weighted by Crippen LogP contribution is 2.29. The van der Waals surface area contributed by atoms with E-state index in [-0.39, 0.29) is 0 Å². The predicted octanol–water partition coefficient (Wildman–Crippen LogP) is 4.08. The fraction of sp³-hybridized carbons (Fsp3) is 0.714. The molecule has 1 aromatic heterocycles. The number of anilines is 2. The maximum Gasteiger partial charge on any atom is 0.148 e. The average Bonchev–Trinajstić information content (AvgIpc) is 2.42. The van der Waals surface area contributed by atoms with Crippen molar-refractivity contribution < 1.29 is 0 Å². The second-order valence-corrected chi connectivity index (χ2v) is 5.38. The van der Waals surface area contributed by atoms with Crippen LogP contribution in [0.25, 0.3) is 0 Å². The van der Waals surface area contributed by atoms with Gasteiger partial charge >= 0.3 is 0 Å². The molecule has 0 spiro atoms. The Labute approximate surface area is 125 Å². The van der Waals surface area contributed by atoms with Gasteiger partial charge in [0.25, 0.3) is 0 Å². The van der Waals surface area contributed by atoms with Gasteiger partial charge in [-0.1, -0.05) is 26.7 Å². The summed E-state index contributed by atoms with van der Waals surface area (Å²) < 4.78 is 0.976. The summed E-state index contributed by atoms with van der Waals surface area (Å²) in [6.45, 7) is 9.47. The molecule has 0 saturated carbocycles. The summed E-state index contributed by atoms with van der Waals surface area (Å²) in [6.07, 6.45) is 6.42. The van der Waals surface area contributed by atoms with Crippen LogP contribution >= 0.6 is 15.9 Å². The minimum Gasteiger partial charge on any atom is -0.369 e. The van der Waals surface area contributed by atoms with E-state index >= 15 is 0 Å². The third-order valence-electron chi connectivity index (χ3n) is 2.98.